The van der Waals surface area contributed by atoms with Gasteiger partial charge < -0.3 is 5.32 Å². The second kappa shape index (κ2) is 8.90. The number of amides is 1. The van der Waals surface area contributed by atoms with Gasteiger partial charge in [-0.15, -0.1) is 0 Å². The molecule has 8 heteroatoms. The molecule has 1 heterocycles. The summed E-state index contributed by atoms with van der Waals surface area (Å²) in [6.45, 7) is 0.389. The number of hydrogen-bond donors (Lipinski definition) is 2. The number of rotatable bonds is 8. The van der Waals surface area contributed by atoms with Gasteiger partial charge in [0.1, 0.15) is 5.82 Å². The third-order valence-corrected chi connectivity index (χ3v) is 5.68. The smallest absolute Gasteiger partial charge is 0.240 e. The summed E-state index contributed by atoms with van der Waals surface area (Å²) in [5.41, 5.74) is 1.95. The van der Waals surface area contributed by atoms with Crippen LogP contribution in [0.5, 0.6) is 0 Å². The topological polar surface area (TPSA) is 88.2 Å². The van der Waals surface area contributed by atoms with Gasteiger partial charge in [-0.2, -0.15) is 0 Å². The quantitative estimate of drug-likeness (QED) is 0.607. The van der Waals surface area contributed by atoms with Gasteiger partial charge in [0.25, 0.3) is 0 Å². The molecule has 146 valence electrons. The minimum atomic E-state index is -3.77. The van der Waals surface area contributed by atoms with E-state index in [9.17, 15) is 17.6 Å². The minimum absolute atomic E-state index is 0.00815. The van der Waals surface area contributed by atoms with Gasteiger partial charge >= 0.3 is 0 Å². The summed E-state index contributed by atoms with van der Waals surface area (Å²) < 4.78 is 39.4. The number of carbonyl (C=O) groups is 1. The second-order valence-electron chi connectivity index (χ2n) is 6.19. The molecule has 1 amide bonds. The van der Waals surface area contributed by atoms with Crippen molar-refractivity contribution in [2.75, 3.05) is 13.1 Å². The molecule has 0 saturated heterocycles. The fourth-order valence-electron chi connectivity index (χ4n) is 2.79. The van der Waals surface area contributed by atoms with E-state index in [0.717, 1.165) is 28.6 Å². The van der Waals surface area contributed by atoms with Crippen molar-refractivity contribution in [3.05, 3.63) is 72.2 Å². The number of hydrogen-bond acceptors (Lipinski definition) is 4. The Balaban J connectivity index is 1.45. The number of sulfonamides is 1. The lowest BCUT2D eigenvalue weighted by molar-refractivity contribution is -0.120. The van der Waals surface area contributed by atoms with Crippen molar-refractivity contribution in [2.24, 2.45) is 0 Å². The monoisotopic (exact) mass is 401 g/mol. The van der Waals surface area contributed by atoms with E-state index < -0.39 is 15.8 Å². The highest BCUT2D eigenvalue weighted by Gasteiger charge is 2.14. The van der Waals surface area contributed by atoms with Gasteiger partial charge in [0.2, 0.25) is 15.9 Å². The Labute approximate surface area is 162 Å². The van der Waals surface area contributed by atoms with Crippen molar-refractivity contribution in [1.82, 2.24) is 15.0 Å². The molecule has 28 heavy (non-hydrogen) atoms. The van der Waals surface area contributed by atoms with Crippen LogP contribution >= 0.6 is 0 Å². The zero-order valence-corrected chi connectivity index (χ0v) is 15.9. The van der Waals surface area contributed by atoms with Gasteiger partial charge in [-0.25, -0.2) is 17.5 Å². The van der Waals surface area contributed by atoms with Crippen LogP contribution in [0.3, 0.4) is 0 Å². The lowest BCUT2D eigenvalue weighted by Crippen LogP contribution is -2.31. The molecule has 0 spiro atoms. The highest BCUT2D eigenvalue weighted by atomic mass is 32.2. The first kappa shape index (κ1) is 19.9. The Morgan fingerprint density at radius 3 is 2.54 bits per heavy atom. The summed E-state index contributed by atoms with van der Waals surface area (Å²) in [4.78, 5) is 16.3. The Kier molecular flexibility index (Phi) is 6.33. The third-order valence-electron chi connectivity index (χ3n) is 4.20. The highest BCUT2D eigenvalue weighted by Crippen LogP contribution is 2.16. The van der Waals surface area contributed by atoms with Crippen LogP contribution in [0.25, 0.3) is 10.9 Å². The van der Waals surface area contributed by atoms with Crippen molar-refractivity contribution in [1.29, 1.82) is 0 Å². The van der Waals surface area contributed by atoms with E-state index in [2.05, 4.69) is 15.0 Å². The zero-order chi connectivity index (χ0) is 20.0. The van der Waals surface area contributed by atoms with E-state index in [4.69, 9.17) is 0 Å². The van der Waals surface area contributed by atoms with Gasteiger partial charge in [0.05, 0.1) is 10.4 Å². The second-order valence-corrected chi connectivity index (χ2v) is 7.96. The van der Waals surface area contributed by atoms with E-state index in [0.29, 0.717) is 13.0 Å². The number of carbonyl (C=O) groups excluding carboxylic acids is 1. The van der Waals surface area contributed by atoms with E-state index >= 15 is 0 Å². The number of fused-ring (bicyclic) bond motifs is 1. The molecule has 3 aromatic rings. The fourth-order valence-corrected chi connectivity index (χ4v) is 3.82. The van der Waals surface area contributed by atoms with Gasteiger partial charge in [-0.3, -0.25) is 9.78 Å². The van der Waals surface area contributed by atoms with Crippen LogP contribution in [0, 0.1) is 5.82 Å². The molecule has 1 aromatic heterocycles. The SMILES string of the molecule is O=C(CCNS(=O)(=O)c1ccc(F)cc1)NCCc1cccc2cccnc12. The van der Waals surface area contributed by atoms with Crippen molar-refractivity contribution < 1.29 is 17.6 Å². The number of halogens is 1. The van der Waals surface area contributed by atoms with Gasteiger partial charge in [0.15, 0.2) is 0 Å². The first-order valence-electron chi connectivity index (χ1n) is 8.80. The molecule has 2 aromatic carbocycles. The van der Waals surface area contributed by atoms with Crippen LogP contribution in [0.4, 0.5) is 4.39 Å². The molecule has 0 aliphatic heterocycles. The van der Waals surface area contributed by atoms with Gasteiger partial charge in [-0.05, 0) is 42.3 Å². The molecular formula is C20H20FN3O3S. The normalized spacial score (nSPS) is 11.5. The molecule has 0 fully saturated rings. The predicted molar refractivity (Wildman–Crippen MR) is 105 cm³/mol. The van der Waals surface area contributed by atoms with E-state index in [1.165, 1.54) is 12.1 Å². The summed E-state index contributed by atoms with van der Waals surface area (Å²) in [6, 6.07) is 14.3. The largest absolute Gasteiger partial charge is 0.356 e. The first-order chi connectivity index (χ1) is 13.5. The Hall–Kier alpha value is -2.84. The van der Waals surface area contributed by atoms with Crippen LogP contribution < -0.4 is 10.0 Å². The number of nitrogens with one attached hydrogen (secondary N) is 2. The van der Waals surface area contributed by atoms with Crippen LogP contribution in [0.15, 0.2) is 65.7 Å². The first-order valence-corrected chi connectivity index (χ1v) is 10.3. The average Bonchev–Trinajstić information content (AvgIpc) is 2.68. The summed E-state index contributed by atoms with van der Waals surface area (Å²) in [5, 5.41) is 3.82. The van der Waals surface area contributed by atoms with Gasteiger partial charge in [0, 0.05) is 31.1 Å². The summed E-state index contributed by atoms with van der Waals surface area (Å²) in [6.07, 6.45) is 2.37. The van der Waals surface area contributed by atoms with E-state index in [1.54, 1.807) is 6.20 Å². The maximum Gasteiger partial charge on any atom is 0.240 e. The maximum atomic E-state index is 12.9. The fraction of sp³-hybridized carbons (Fsp3) is 0.200. The molecule has 0 atom stereocenters. The van der Waals surface area contributed by atoms with Crippen molar-refractivity contribution in [3.63, 3.8) is 0 Å². The molecule has 2 N–H and O–H groups in total. The van der Waals surface area contributed by atoms with Crippen LogP contribution in [0.1, 0.15) is 12.0 Å². The van der Waals surface area contributed by atoms with Gasteiger partial charge in [-0.1, -0.05) is 24.3 Å². The standard InChI is InChI=1S/C20H20FN3O3S/c21-17-6-8-18(9-7-17)28(26,27)24-14-11-19(25)22-13-10-16-4-1-3-15-5-2-12-23-20(15)16/h1-9,12,24H,10-11,13-14H2,(H,22,25). The molecule has 0 aliphatic rings. The maximum absolute atomic E-state index is 12.9. The number of para-hydroxylation sites is 1. The third kappa shape index (κ3) is 5.11. The molecule has 0 aliphatic carbocycles. The van der Waals surface area contributed by atoms with Crippen molar-refractivity contribution in [2.45, 2.75) is 17.7 Å². The van der Waals surface area contributed by atoms with Crippen LogP contribution in [-0.2, 0) is 21.2 Å². The molecule has 3 rings (SSSR count). The van der Waals surface area contributed by atoms with Crippen molar-refractivity contribution in [3.8, 4) is 0 Å². The zero-order valence-electron chi connectivity index (χ0n) is 15.1. The lowest BCUT2D eigenvalue weighted by atomic mass is 10.1. The number of pyridine rings is 1. The Bertz CT molecular complexity index is 1060. The van der Waals surface area contributed by atoms with Crippen LogP contribution in [-0.4, -0.2) is 32.4 Å². The molecule has 0 unspecified atom stereocenters. The number of nitrogens with zero attached hydrogens (tertiary/aromatic N) is 1. The molecule has 6 nitrogen and oxygen atoms in total. The Morgan fingerprint density at radius 1 is 1.00 bits per heavy atom. The number of aromatic nitrogens is 1. The Morgan fingerprint density at radius 2 is 1.75 bits per heavy atom. The minimum Gasteiger partial charge on any atom is -0.356 e. The van der Waals surface area contributed by atoms with E-state index in [1.807, 2.05) is 30.3 Å². The molecule has 0 bridgehead atoms. The van der Waals surface area contributed by atoms with Crippen molar-refractivity contribution >= 4 is 26.8 Å². The van der Waals surface area contributed by atoms with Crippen LogP contribution in [0.2, 0.25) is 0 Å². The highest BCUT2D eigenvalue weighted by molar-refractivity contribution is 7.89. The predicted octanol–water partition coefficient (Wildman–Crippen LogP) is 2.40. The molecule has 0 radical (unpaired) electrons. The molecule has 0 saturated carbocycles. The summed E-state index contributed by atoms with van der Waals surface area (Å²) in [7, 11) is -3.77. The molecular weight excluding hydrogens is 381 g/mol. The summed E-state index contributed by atoms with van der Waals surface area (Å²) in [5.74, 6) is -0.769. The summed E-state index contributed by atoms with van der Waals surface area (Å²) >= 11 is 0. The van der Waals surface area contributed by atoms with E-state index in [-0.39, 0.29) is 23.8 Å². The lowest BCUT2D eigenvalue weighted by Gasteiger charge is -2.09. The number of benzene rings is 2. The average molecular weight is 401 g/mol.